The molecule has 1 aliphatic rings. The average molecular weight is 278 g/mol. The highest BCUT2D eigenvalue weighted by molar-refractivity contribution is 5.93. The maximum absolute atomic E-state index is 12.2. The highest BCUT2D eigenvalue weighted by atomic mass is 16.5. The SMILES string of the molecule is CC(C)CCNc1ncc(C(=O)N2CCOCC2)cn1. The van der Waals surface area contributed by atoms with Crippen LogP contribution in [0.4, 0.5) is 5.95 Å². The van der Waals surface area contributed by atoms with Crippen LogP contribution < -0.4 is 5.32 Å². The molecule has 0 atom stereocenters. The summed E-state index contributed by atoms with van der Waals surface area (Å²) >= 11 is 0. The molecule has 1 amide bonds. The Morgan fingerprint density at radius 1 is 1.35 bits per heavy atom. The number of nitrogens with one attached hydrogen (secondary N) is 1. The fourth-order valence-electron chi connectivity index (χ4n) is 1.95. The zero-order valence-corrected chi connectivity index (χ0v) is 12.1. The standard InChI is InChI=1S/C14H22N4O2/c1-11(2)3-4-15-14-16-9-12(10-17-14)13(19)18-5-7-20-8-6-18/h9-11H,3-8H2,1-2H3,(H,15,16,17). The number of carbonyl (C=O) groups is 1. The molecule has 0 spiro atoms. The summed E-state index contributed by atoms with van der Waals surface area (Å²) in [6.07, 6.45) is 4.24. The summed E-state index contributed by atoms with van der Waals surface area (Å²) in [6.45, 7) is 7.65. The third-order valence-electron chi connectivity index (χ3n) is 3.20. The van der Waals surface area contributed by atoms with E-state index in [0.717, 1.165) is 13.0 Å². The molecule has 2 rings (SSSR count). The van der Waals surface area contributed by atoms with Gasteiger partial charge in [-0.1, -0.05) is 13.8 Å². The van der Waals surface area contributed by atoms with Gasteiger partial charge in [0, 0.05) is 32.0 Å². The molecular formula is C14H22N4O2. The van der Waals surface area contributed by atoms with Gasteiger partial charge < -0.3 is 15.0 Å². The highest BCUT2D eigenvalue weighted by Crippen LogP contribution is 2.07. The van der Waals surface area contributed by atoms with Gasteiger partial charge in [-0.2, -0.15) is 0 Å². The molecular weight excluding hydrogens is 256 g/mol. The van der Waals surface area contributed by atoms with Crippen molar-refractivity contribution in [2.75, 3.05) is 38.2 Å². The van der Waals surface area contributed by atoms with Gasteiger partial charge in [0.1, 0.15) is 0 Å². The molecule has 0 aromatic carbocycles. The minimum Gasteiger partial charge on any atom is -0.378 e. The van der Waals surface area contributed by atoms with Crippen molar-refractivity contribution in [1.82, 2.24) is 14.9 Å². The summed E-state index contributed by atoms with van der Waals surface area (Å²) in [4.78, 5) is 22.3. The zero-order chi connectivity index (χ0) is 14.4. The molecule has 6 heteroatoms. The van der Waals surface area contributed by atoms with Crippen molar-refractivity contribution in [3.8, 4) is 0 Å². The van der Waals surface area contributed by atoms with Crippen molar-refractivity contribution in [2.24, 2.45) is 5.92 Å². The molecule has 0 unspecified atom stereocenters. The van der Waals surface area contributed by atoms with Crippen LogP contribution in [0.25, 0.3) is 0 Å². The predicted molar refractivity (Wildman–Crippen MR) is 76.7 cm³/mol. The normalized spacial score (nSPS) is 15.4. The Hall–Kier alpha value is -1.69. The molecule has 1 fully saturated rings. The van der Waals surface area contributed by atoms with E-state index in [9.17, 15) is 4.79 Å². The Morgan fingerprint density at radius 2 is 2.00 bits per heavy atom. The predicted octanol–water partition coefficient (Wildman–Crippen LogP) is 1.41. The lowest BCUT2D eigenvalue weighted by Gasteiger charge is -2.26. The van der Waals surface area contributed by atoms with Crippen molar-refractivity contribution in [1.29, 1.82) is 0 Å². The van der Waals surface area contributed by atoms with Gasteiger partial charge >= 0.3 is 0 Å². The van der Waals surface area contributed by atoms with Gasteiger partial charge in [-0.05, 0) is 12.3 Å². The average Bonchev–Trinajstić information content (AvgIpc) is 2.48. The fourth-order valence-corrected chi connectivity index (χ4v) is 1.95. The number of ether oxygens (including phenoxy) is 1. The number of amides is 1. The Morgan fingerprint density at radius 3 is 2.60 bits per heavy atom. The maximum atomic E-state index is 12.2. The second kappa shape index (κ2) is 7.19. The minimum atomic E-state index is -0.0259. The number of morpholine rings is 1. The van der Waals surface area contributed by atoms with E-state index in [1.54, 1.807) is 17.3 Å². The van der Waals surface area contributed by atoms with Crippen molar-refractivity contribution in [2.45, 2.75) is 20.3 Å². The van der Waals surface area contributed by atoms with Crippen LogP contribution in [0.1, 0.15) is 30.6 Å². The van der Waals surface area contributed by atoms with Gasteiger partial charge in [0.05, 0.1) is 18.8 Å². The first-order valence-corrected chi connectivity index (χ1v) is 7.10. The molecule has 1 aromatic heterocycles. The van der Waals surface area contributed by atoms with Gasteiger partial charge in [-0.25, -0.2) is 9.97 Å². The molecule has 110 valence electrons. The summed E-state index contributed by atoms with van der Waals surface area (Å²) < 4.78 is 5.23. The molecule has 0 saturated carbocycles. The van der Waals surface area contributed by atoms with Crippen molar-refractivity contribution in [3.63, 3.8) is 0 Å². The molecule has 6 nitrogen and oxygen atoms in total. The van der Waals surface area contributed by atoms with Gasteiger partial charge in [-0.15, -0.1) is 0 Å². The number of hydrogen-bond donors (Lipinski definition) is 1. The van der Waals surface area contributed by atoms with Crippen LogP contribution >= 0.6 is 0 Å². The van der Waals surface area contributed by atoms with Gasteiger partial charge in [0.15, 0.2) is 0 Å². The fraction of sp³-hybridized carbons (Fsp3) is 0.643. The van der Waals surface area contributed by atoms with Crippen molar-refractivity contribution in [3.05, 3.63) is 18.0 Å². The van der Waals surface area contributed by atoms with E-state index in [1.807, 2.05) is 0 Å². The maximum Gasteiger partial charge on any atom is 0.257 e. The largest absolute Gasteiger partial charge is 0.378 e. The third kappa shape index (κ3) is 4.16. The first-order valence-electron chi connectivity index (χ1n) is 7.10. The topological polar surface area (TPSA) is 67.4 Å². The summed E-state index contributed by atoms with van der Waals surface area (Å²) in [7, 11) is 0. The lowest BCUT2D eigenvalue weighted by atomic mass is 10.1. The van der Waals surface area contributed by atoms with E-state index in [-0.39, 0.29) is 5.91 Å². The Kier molecular flexibility index (Phi) is 5.29. The monoisotopic (exact) mass is 278 g/mol. The third-order valence-corrected chi connectivity index (χ3v) is 3.20. The number of nitrogens with zero attached hydrogens (tertiary/aromatic N) is 3. The number of rotatable bonds is 5. The smallest absolute Gasteiger partial charge is 0.257 e. The minimum absolute atomic E-state index is 0.0259. The van der Waals surface area contributed by atoms with E-state index in [4.69, 9.17) is 4.74 Å². The molecule has 0 radical (unpaired) electrons. The molecule has 1 aliphatic heterocycles. The van der Waals surface area contributed by atoms with Crippen LogP contribution in [-0.4, -0.2) is 53.6 Å². The van der Waals surface area contributed by atoms with E-state index in [1.165, 1.54) is 0 Å². The summed E-state index contributed by atoms with van der Waals surface area (Å²) in [5.74, 6) is 1.19. The molecule has 1 aromatic rings. The van der Waals surface area contributed by atoms with Crippen LogP contribution in [0.15, 0.2) is 12.4 Å². The lowest BCUT2D eigenvalue weighted by Crippen LogP contribution is -2.40. The van der Waals surface area contributed by atoms with Crippen LogP contribution in [-0.2, 0) is 4.74 Å². The van der Waals surface area contributed by atoms with E-state index >= 15 is 0 Å². The molecule has 20 heavy (non-hydrogen) atoms. The second-order valence-corrected chi connectivity index (χ2v) is 5.31. The quantitative estimate of drug-likeness (QED) is 0.882. The summed E-state index contributed by atoms with van der Waals surface area (Å²) in [5.41, 5.74) is 0.529. The van der Waals surface area contributed by atoms with Crippen LogP contribution in [0.3, 0.4) is 0 Å². The van der Waals surface area contributed by atoms with Crippen LogP contribution in [0.2, 0.25) is 0 Å². The van der Waals surface area contributed by atoms with Crippen molar-refractivity contribution < 1.29 is 9.53 Å². The molecule has 1 N–H and O–H groups in total. The van der Waals surface area contributed by atoms with Gasteiger partial charge in [0.2, 0.25) is 5.95 Å². The molecule has 1 saturated heterocycles. The van der Waals surface area contributed by atoms with Crippen molar-refractivity contribution >= 4 is 11.9 Å². The Bertz CT molecular complexity index is 427. The number of carbonyl (C=O) groups excluding carboxylic acids is 1. The Labute approximate surface area is 119 Å². The summed E-state index contributed by atoms with van der Waals surface area (Å²) in [6, 6.07) is 0. The molecule has 2 heterocycles. The first kappa shape index (κ1) is 14.7. The number of hydrogen-bond acceptors (Lipinski definition) is 5. The van der Waals surface area contributed by atoms with Crippen LogP contribution in [0.5, 0.6) is 0 Å². The van der Waals surface area contributed by atoms with E-state index < -0.39 is 0 Å². The van der Waals surface area contributed by atoms with E-state index in [2.05, 4.69) is 29.1 Å². The summed E-state index contributed by atoms with van der Waals surface area (Å²) in [5, 5.41) is 3.15. The van der Waals surface area contributed by atoms with Gasteiger partial charge in [0.25, 0.3) is 5.91 Å². The lowest BCUT2D eigenvalue weighted by molar-refractivity contribution is 0.0302. The number of aromatic nitrogens is 2. The molecule has 0 aliphatic carbocycles. The Balaban J connectivity index is 1.88. The second-order valence-electron chi connectivity index (χ2n) is 5.31. The molecule has 0 bridgehead atoms. The highest BCUT2D eigenvalue weighted by Gasteiger charge is 2.18. The first-order chi connectivity index (χ1) is 9.66. The van der Waals surface area contributed by atoms with E-state index in [0.29, 0.717) is 43.7 Å². The zero-order valence-electron chi connectivity index (χ0n) is 12.1. The number of anilines is 1. The van der Waals surface area contributed by atoms with Crippen LogP contribution in [0, 0.1) is 5.92 Å². The van der Waals surface area contributed by atoms with Gasteiger partial charge in [-0.3, -0.25) is 4.79 Å².